The molecule has 1 amide bonds. The topological polar surface area (TPSA) is 75.1 Å². The van der Waals surface area contributed by atoms with Gasteiger partial charge in [0.15, 0.2) is 0 Å². The first kappa shape index (κ1) is 16.7. The summed E-state index contributed by atoms with van der Waals surface area (Å²) in [5, 5.41) is 10.5. The second-order valence-electron chi connectivity index (χ2n) is 7.42. The Hall–Kier alpha value is -3.41. The van der Waals surface area contributed by atoms with Crippen molar-refractivity contribution >= 4 is 11.6 Å². The van der Waals surface area contributed by atoms with Crippen LogP contribution in [0.4, 0.5) is 0 Å². The van der Waals surface area contributed by atoms with Crippen LogP contribution in [-0.4, -0.2) is 25.5 Å². The predicted molar refractivity (Wildman–Crippen MR) is 107 cm³/mol. The molecule has 6 nitrogen and oxygen atoms in total. The Morgan fingerprint density at radius 3 is 2.96 bits per heavy atom. The third-order valence-electron chi connectivity index (χ3n) is 5.52. The summed E-state index contributed by atoms with van der Waals surface area (Å²) in [4.78, 5) is 17.2. The Labute approximate surface area is 162 Å². The minimum Gasteiger partial charge on any atom is -0.350 e. The average molecular weight is 371 g/mol. The van der Waals surface area contributed by atoms with Crippen molar-refractivity contribution in [3.8, 4) is 11.3 Å². The second-order valence-corrected chi connectivity index (χ2v) is 7.42. The molecule has 1 unspecified atom stereocenters. The molecule has 3 aromatic heterocycles. The first-order valence-corrected chi connectivity index (χ1v) is 9.45. The quantitative estimate of drug-likeness (QED) is 0.566. The summed E-state index contributed by atoms with van der Waals surface area (Å²) in [5.74, 6) is -0.0932. The summed E-state index contributed by atoms with van der Waals surface area (Å²) in [5.41, 5.74) is 8.34. The lowest BCUT2D eigenvalue weighted by molar-refractivity contribution is -0.121. The van der Waals surface area contributed by atoms with Crippen molar-refractivity contribution in [1.29, 1.82) is 0 Å². The average Bonchev–Trinajstić information content (AvgIpc) is 3.27. The molecule has 4 aromatic rings. The molecule has 1 aliphatic heterocycles. The molecule has 0 saturated heterocycles. The van der Waals surface area contributed by atoms with Gasteiger partial charge in [0, 0.05) is 29.7 Å². The lowest BCUT2D eigenvalue weighted by Crippen LogP contribution is -2.21. The van der Waals surface area contributed by atoms with Gasteiger partial charge in [0.25, 0.3) is 0 Å². The van der Waals surface area contributed by atoms with E-state index in [0.717, 1.165) is 33.9 Å². The zero-order valence-electron chi connectivity index (χ0n) is 15.9. The number of nitrogens with one attached hydrogen (secondary N) is 2. The number of aryl methyl sites for hydroxylation is 2. The van der Waals surface area contributed by atoms with Gasteiger partial charge in [-0.2, -0.15) is 5.10 Å². The van der Waals surface area contributed by atoms with Crippen LogP contribution in [0.15, 0.2) is 48.8 Å². The number of carbonyl (C=O) groups is 1. The maximum atomic E-state index is 12.5. The first-order valence-electron chi connectivity index (χ1n) is 9.45. The number of hydrogen-bond acceptors (Lipinski definition) is 3. The van der Waals surface area contributed by atoms with Crippen LogP contribution in [0.3, 0.4) is 0 Å². The van der Waals surface area contributed by atoms with E-state index in [1.165, 1.54) is 11.1 Å². The first-order chi connectivity index (χ1) is 13.6. The third-order valence-corrected chi connectivity index (χ3v) is 5.52. The fourth-order valence-electron chi connectivity index (χ4n) is 4.14. The largest absolute Gasteiger partial charge is 0.350 e. The molecule has 0 spiro atoms. The van der Waals surface area contributed by atoms with Crippen LogP contribution in [0.1, 0.15) is 40.4 Å². The van der Waals surface area contributed by atoms with Gasteiger partial charge in [-0.1, -0.05) is 23.8 Å². The molecule has 0 saturated carbocycles. The van der Waals surface area contributed by atoms with Crippen LogP contribution < -0.4 is 5.32 Å². The molecule has 0 fully saturated rings. The van der Waals surface area contributed by atoms with Gasteiger partial charge in [-0.25, -0.2) is 4.98 Å². The number of aromatic nitrogens is 4. The summed E-state index contributed by atoms with van der Waals surface area (Å²) < 4.78 is 2.10. The summed E-state index contributed by atoms with van der Waals surface area (Å²) in [6, 6.07) is 12.4. The number of H-pyrrole nitrogens is 1. The van der Waals surface area contributed by atoms with Gasteiger partial charge in [-0.15, -0.1) is 0 Å². The third kappa shape index (κ3) is 2.60. The van der Waals surface area contributed by atoms with Gasteiger partial charge in [0.1, 0.15) is 5.65 Å². The number of hydrogen-bond donors (Lipinski definition) is 2. The molecule has 2 N–H and O–H groups in total. The number of benzene rings is 1. The normalized spacial score (nSPS) is 16.6. The highest BCUT2D eigenvalue weighted by molar-refractivity contribution is 5.80. The van der Waals surface area contributed by atoms with E-state index in [2.05, 4.69) is 52.0 Å². The molecule has 0 aliphatic carbocycles. The van der Waals surface area contributed by atoms with Crippen LogP contribution in [0, 0.1) is 13.8 Å². The molecule has 1 aliphatic rings. The molecule has 1 atom stereocenters. The highest BCUT2D eigenvalue weighted by Gasteiger charge is 2.31. The smallest absolute Gasteiger partial charge is 0.221 e. The van der Waals surface area contributed by atoms with Crippen LogP contribution in [0.25, 0.3) is 16.9 Å². The van der Waals surface area contributed by atoms with Gasteiger partial charge in [-0.05, 0) is 37.6 Å². The summed E-state index contributed by atoms with van der Waals surface area (Å²) in [7, 11) is 0. The Kier molecular flexibility index (Phi) is 3.79. The number of carbonyl (C=O) groups excluding carboxylic acids is 1. The Morgan fingerprint density at radius 1 is 1.18 bits per heavy atom. The lowest BCUT2D eigenvalue weighted by atomic mass is 9.88. The molecule has 6 heteroatoms. The zero-order valence-corrected chi connectivity index (χ0v) is 15.9. The van der Waals surface area contributed by atoms with Crippen molar-refractivity contribution < 1.29 is 4.79 Å². The number of amides is 1. The fourth-order valence-corrected chi connectivity index (χ4v) is 4.14. The van der Waals surface area contributed by atoms with E-state index in [0.29, 0.717) is 13.0 Å². The van der Waals surface area contributed by atoms with Crippen LogP contribution in [-0.2, 0) is 11.3 Å². The van der Waals surface area contributed by atoms with Gasteiger partial charge in [0.05, 0.1) is 29.8 Å². The van der Waals surface area contributed by atoms with Crippen LogP contribution in [0.5, 0.6) is 0 Å². The van der Waals surface area contributed by atoms with E-state index in [1.807, 2.05) is 30.6 Å². The number of nitrogens with zero attached hydrogens (tertiary/aromatic N) is 3. The molecule has 0 bridgehead atoms. The zero-order chi connectivity index (χ0) is 19.3. The molecule has 0 radical (unpaired) electrons. The molecular formula is C22H21N5O. The standard InChI is InChI=1S/C22H21N5O/c1-13-6-7-14(2)15(9-13)21-17(11-24-26-21)16-10-20(28)23-12-18-22(16)27-8-4-3-5-19(27)25-18/h3-9,11,16H,10,12H2,1-2H3,(H,23,28)(H,24,26). The number of imidazole rings is 1. The second kappa shape index (κ2) is 6.34. The molecule has 5 rings (SSSR count). The Balaban J connectivity index is 1.74. The van der Waals surface area contributed by atoms with E-state index < -0.39 is 0 Å². The van der Waals surface area contributed by atoms with Crippen molar-refractivity contribution in [3.63, 3.8) is 0 Å². The SMILES string of the molecule is Cc1ccc(C)c(-c2[nH]ncc2C2CC(=O)NCc3nc4ccccn4c32)c1. The van der Waals surface area contributed by atoms with Crippen molar-refractivity contribution in [2.24, 2.45) is 0 Å². The molecule has 140 valence electrons. The van der Waals surface area contributed by atoms with Gasteiger partial charge < -0.3 is 9.72 Å². The monoisotopic (exact) mass is 371 g/mol. The number of fused-ring (bicyclic) bond motifs is 3. The van der Waals surface area contributed by atoms with E-state index in [1.54, 1.807) is 0 Å². The van der Waals surface area contributed by atoms with Gasteiger partial charge in [0.2, 0.25) is 5.91 Å². The molecular weight excluding hydrogens is 350 g/mol. The van der Waals surface area contributed by atoms with Crippen LogP contribution >= 0.6 is 0 Å². The fraction of sp³-hybridized carbons (Fsp3) is 0.227. The summed E-state index contributed by atoms with van der Waals surface area (Å²) in [6.07, 6.45) is 4.24. The number of aromatic amines is 1. The summed E-state index contributed by atoms with van der Waals surface area (Å²) in [6.45, 7) is 4.63. The van der Waals surface area contributed by atoms with Crippen molar-refractivity contribution in [1.82, 2.24) is 24.9 Å². The minimum atomic E-state index is -0.122. The minimum absolute atomic E-state index is 0.0285. The van der Waals surface area contributed by atoms with Gasteiger partial charge in [-0.3, -0.25) is 9.89 Å². The highest BCUT2D eigenvalue weighted by atomic mass is 16.1. The maximum Gasteiger partial charge on any atom is 0.221 e. The van der Waals surface area contributed by atoms with Crippen LogP contribution in [0.2, 0.25) is 0 Å². The van der Waals surface area contributed by atoms with E-state index in [-0.39, 0.29) is 11.8 Å². The van der Waals surface area contributed by atoms with Crippen molar-refractivity contribution in [3.05, 3.63) is 76.9 Å². The van der Waals surface area contributed by atoms with Gasteiger partial charge >= 0.3 is 0 Å². The number of pyridine rings is 1. The molecule has 1 aromatic carbocycles. The molecule has 4 heterocycles. The highest BCUT2D eigenvalue weighted by Crippen LogP contribution is 2.38. The Morgan fingerprint density at radius 2 is 2.07 bits per heavy atom. The van der Waals surface area contributed by atoms with E-state index >= 15 is 0 Å². The maximum absolute atomic E-state index is 12.5. The molecule has 28 heavy (non-hydrogen) atoms. The predicted octanol–water partition coefficient (Wildman–Crippen LogP) is 3.49. The summed E-state index contributed by atoms with van der Waals surface area (Å²) >= 11 is 0. The number of rotatable bonds is 2. The Bertz CT molecular complexity index is 1200. The van der Waals surface area contributed by atoms with E-state index in [9.17, 15) is 4.79 Å². The van der Waals surface area contributed by atoms with E-state index in [4.69, 9.17) is 4.98 Å². The van der Waals surface area contributed by atoms with Crippen molar-refractivity contribution in [2.45, 2.75) is 32.7 Å². The van der Waals surface area contributed by atoms with Crippen molar-refractivity contribution in [2.75, 3.05) is 0 Å². The lowest BCUT2D eigenvalue weighted by Gasteiger charge is -2.17.